The number of carboxylic acid groups (broad SMARTS) is 1. The average molecular weight is 355 g/mol. The Labute approximate surface area is 158 Å². The van der Waals surface area contributed by atoms with Crippen molar-refractivity contribution in [1.82, 2.24) is 0 Å². The lowest BCUT2D eigenvalue weighted by molar-refractivity contribution is -0.137. The van der Waals surface area contributed by atoms with Crippen molar-refractivity contribution < 1.29 is 9.90 Å². The number of unbranched alkanes of at least 4 members (excludes halogenated alkanes) is 7. The Hall–Kier alpha value is -1.83. The lowest BCUT2D eigenvalue weighted by Gasteiger charge is -2.11. The van der Waals surface area contributed by atoms with Crippen LogP contribution in [0, 0.1) is 0 Å². The van der Waals surface area contributed by atoms with Crippen molar-refractivity contribution in [2.24, 2.45) is 0 Å². The van der Waals surface area contributed by atoms with Crippen molar-refractivity contribution in [3.05, 3.63) is 47.5 Å². The van der Waals surface area contributed by atoms with Crippen LogP contribution in [0.4, 0.5) is 0 Å². The Balaban J connectivity index is 1.82. The van der Waals surface area contributed by atoms with Crippen LogP contribution < -0.4 is 0 Å². The van der Waals surface area contributed by atoms with Crippen molar-refractivity contribution in [3.8, 4) is 0 Å². The minimum absolute atomic E-state index is 0.316. The first kappa shape index (κ1) is 20.5. The van der Waals surface area contributed by atoms with Crippen molar-refractivity contribution in [3.63, 3.8) is 0 Å². The molecule has 0 bridgehead atoms. The summed E-state index contributed by atoms with van der Waals surface area (Å²) in [4.78, 5) is 10.5. The summed E-state index contributed by atoms with van der Waals surface area (Å²) in [6.45, 7) is 2.26. The molecule has 2 nitrogen and oxygen atoms in total. The highest BCUT2D eigenvalue weighted by Gasteiger charge is 2.06. The van der Waals surface area contributed by atoms with Gasteiger partial charge < -0.3 is 5.11 Å². The van der Waals surface area contributed by atoms with Gasteiger partial charge in [-0.15, -0.1) is 0 Å². The number of fused-ring (bicyclic) bond motifs is 1. The second kappa shape index (κ2) is 11.7. The van der Waals surface area contributed by atoms with E-state index < -0.39 is 5.97 Å². The molecule has 1 N–H and O–H groups in total. The maximum atomic E-state index is 10.5. The second-order valence-electron chi connectivity index (χ2n) is 7.40. The molecule has 0 atom stereocenters. The van der Waals surface area contributed by atoms with Gasteiger partial charge in [0.15, 0.2) is 0 Å². The first-order chi connectivity index (χ1) is 12.7. The number of aliphatic carboxylic acids is 1. The Kier molecular flexibility index (Phi) is 9.23. The molecule has 2 rings (SSSR count). The van der Waals surface area contributed by atoms with E-state index in [0.717, 1.165) is 25.7 Å². The molecule has 0 aromatic heterocycles. The molecular formula is C24H34O2. The predicted molar refractivity (Wildman–Crippen MR) is 111 cm³/mol. The highest BCUT2D eigenvalue weighted by molar-refractivity contribution is 5.88. The van der Waals surface area contributed by atoms with Crippen LogP contribution in [0.2, 0.25) is 0 Å². The van der Waals surface area contributed by atoms with Gasteiger partial charge in [-0.2, -0.15) is 0 Å². The number of carboxylic acids is 1. The van der Waals surface area contributed by atoms with Gasteiger partial charge in [0, 0.05) is 6.42 Å². The number of hydrogen-bond acceptors (Lipinski definition) is 1. The number of carbonyl (C=O) groups is 1. The maximum Gasteiger partial charge on any atom is 0.303 e. The van der Waals surface area contributed by atoms with E-state index >= 15 is 0 Å². The van der Waals surface area contributed by atoms with Crippen LogP contribution in [0.1, 0.15) is 82.3 Å². The highest BCUT2D eigenvalue weighted by atomic mass is 16.4. The normalized spacial score (nSPS) is 11.1. The summed E-state index contributed by atoms with van der Waals surface area (Å²) < 4.78 is 0. The lowest BCUT2D eigenvalue weighted by Crippen LogP contribution is -1.94. The lowest BCUT2D eigenvalue weighted by atomic mass is 9.93. The third-order valence-electron chi connectivity index (χ3n) is 5.24. The van der Waals surface area contributed by atoms with E-state index in [1.165, 1.54) is 66.8 Å². The number of benzene rings is 2. The van der Waals surface area contributed by atoms with Crippen LogP contribution >= 0.6 is 0 Å². The summed E-state index contributed by atoms with van der Waals surface area (Å²) in [5.41, 5.74) is 2.97. The van der Waals surface area contributed by atoms with E-state index in [9.17, 15) is 4.79 Å². The summed E-state index contributed by atoms with van der Waals surface area (Å²) in [5, 5.41) is 11.5. The maximum absolute atomic E-state index is 10.5. The molecule has 0 radical (unpaired) electrons. The van der Waals surface area contributed by atoms with Gasteiger partial charge >= 0.3 is 5.97 Å². The van der Waals surface area contributed by atoms with E-state index in [2.05, 4.69) is 43.3 Å². The standard InChI is InChI=1S/C24H34O2/c1-2-3-8-13-20-18-19-21(23-16-12-11-15-22(20)23)14-9-6-4-5-7-10-17-24(25)26/h11-12,15-16,18-19H,2-10,13-14,17H2,1H3,(H,25,26). The van der Waals surface area contributed by atoms with Gasteiger partial charge in [0.05, 0.1) is 0 Å². The van der Waals surface area contributed by atoms with Crippen LogP contribution in [0.15, 0.2) is 36.4 Å². The smallest absolute Gasteiger partial charge is 0.303 e. The zero-order chi connectivity index (χ0) is 18.6. The SMILES string of the molecule is CCCCCc1ccc(CCCCCCCCC(=O)O)c2ccccc12. The summed E-state index contributed by atoms with van der Waals surface area (Å²) in [5.74, 6) is -0.671. The number of hydrogen-bond donors (Lipinski definition) is 1. The van der Waals surface area contributed by atoms with Gasteiger partial charge in [0.25, 0.3) is 0 Å². The summed E-state index contributed by atoms with van der Waals surface area (Å²) in [6, 6.07) is 13.6. The van der Waals surface area contributed by atoms with Crippen LogP contribution in [0.3, 0.4) is 0 Å². The van der Waals surface area contributed by atoms with Crippen molar-refractivity contribution in [2.75, 3.05) is 0 Å². The third kappa shape index (κ3) is 6.82. The molecule has 2 heteroatoms. The zero-order valence-corrected chi connectivity index (χ0v) is 16.3. The van der Waals surface area contributed by atoms with Crippen LogP contribution in [-0.4, -0.2) is 11.1 Å². The zero-order valence-electron chi connectivity index (χ0n) is 16.3. The molecule has 0 aliphatic rings. The Morgan fingerprint density at radius 1 is 0.731 bits per heavy atom. The monoisotopic (exact) mass is 354 g/mol. The minimum Gasteiger partial charge on any atom is -0.481 e. The first-order valence-electron chi connectivity index (χ1n) is 10.4. The van der Waals surface area contributed by atoms with Crippen molar-refractivity contribution >= 4 is 16.7 Å². The predicted octanol–water partition coefficient (Wildman–Crippen LogP) is 6.93. The highest BCUT2D eigenvalue weighted by Crippen LogP contribution is 2.26. The molecule has 26 heavy (non-hydrogen) atoms. The molecule has 0 spiro atoms. The van der Waals surface area contributed by atoms with Gasteiger partial charge in [-0.3, -0.25) is 4.79 Å². The van der Waals surface area contributed by atoms with Crippen LogP contribution in [-0.2, 0) is 17.6 Å². The van der Waals surface area contributed by atoms with Crippen molar-refractivity contribution in [1.29, 1.82) is 0 Å². The fraction of sp³-hybridized carbons (Fsp3) is 0.542. The van der Waals surface area contributed by atoms with Crippen LogP contribution in [0.5, 0.6) is 0 Å². The summed E-state index contributed by atoms with van der Waals surface area (Å²) in [7, 11) is 0. The Morgan fingerprint density at radius 2 is 1.23 bits per heavy atom. The summed E-state index contributed by atoms with van der Waals surface area (Å²) in [6.07, 6.45) is 13.2. The van der Waals surface area contributed by atoms with Crippen molar-refractivity contribution in [2.45, 2.75) is 84.0 Å². The molecule has 0 heterocycles. The Bertz CT molecular complexity index is 675. The van der Waals surface area contributed by atoms with E-state index in [1.807, 2.05) is 0 Å². The molecule has 0 amide bonds. The first-order valence-corrected chi connectivity index (χ1v) is 10.4. The fourth-order valence-corrected chi connectivity index (χ4v) is 3.72. The number of rotatable bonds is 13. The van der Waals surface area contributed by atoms with Gasteiger partial charge in [0.1, 0.15) is 0 Å². The molecule has 2 aromatic rings. The van der Waals surface area contributed by atoms with E-state index in [1.54, 1.807) is 0 Å². The average Bonchev–Trinajstić information content (AvgIpc) is 2.65. The van der Waals surface area contributed by atoms with Gasteiger partial charge in [-0.25, -0.2) is 0 Å². The molecule has 0 saturated carbocycles. The molecule has 0 saturated heterocycles. The van der Waals surface area contributed by atoms with E-state index in [0.29, 0.717) is 6.42 Å². The van der Waals surface area contributed by atoms with Gasteiger partial charge in [0.2, 0.25) is 0 Å². The van der Waals surface area contributed by atoms with E-state index in [4.69, 9.17) is 5.11 Å². The molecule has 0 fully saturated rings. The second-order valence-corrected chi connectivity index (χ2v) is 7.40. The largest absolute Gasteiger partial charge is 0.481 e. The summed E-state index contributed by atoms with van der Waals surface area (Å²) >= 11 is 0. The molecule has 2 aromatic carbocycles. The fourth-order valence-electron chi connectivity index (χ4n) is 3.72. The van der Waals surface area contributed by atoms with Gasteiger partial charge in [-0.1, -0.05) is 81.8 Å². The molecule has 0 unspecified atom stereocenters. The van der Waals surface area contributed by atoms with E-state index in [-0.39, 0.29) is 0 Å². The van der Waals surface area contributed by atoms with Crippen LogP contribution in [0.25, 0.3) is 10.8 Å². The third-order valence-corrected chi connectivity index (χ3v) is 5.24. The quantitative estimate of drug-likeness (QED) is 0.396. The topological polar surface area (TPSA) is 37.3 Å². The molecule has 142 valence electrons. The Morgan fingerprint density at radius 3 is 1.77 bits per heavy atom. The minimum atomic E-state index is -0.671. The molecule has 0 aliphatic carbocycles. The number of aryl methyl sites for hydroxylation is 2. The molecule has 0 aliphatic heterocycles. The molecular weight excluding hydrogens is 320 g/mol. The van der Waals surface area contributed by atoms with Gasteiger partial charge in [-0.05, 0) is 54.0 Å².